The van der Waals surface area contributed by atoms with E-state index in [0.29, 0.717) is 25.4 Å². The van der Waals surface area contributed by atoms with Crippen LogP contribution in [0, 0.1) is 12.8 Å². The van der Waals surface area contributed by atoms with Gasteiger partial charge in [0.05, 0.1) is 6.61 Å². The Balaban J connectivity index is 1.52. The fourth-order valence-corrected chi connectivity index (χ4v) is 2.73. The molecule has 130 valence electrons. The number of carbonyl (C=O) groups is 2. The lowest BCUT2D eigenvalue weighted by Gasteiger charge is -2.23. The van der Waals surface area contributed by atoms with Crippen LogP contribution >= 0.6 is 0 Å². The van der Waals surface area contributed by atoms with Crippen LogP contribution in [0.4, 0.5) is 4.79 Å². The molecule has 0 aromatic heterocycles. The first-order chi connectivity index (χ1) is 11.6. The van der Waals surface area contributed by atoms with Crippen molar-refractivity contribution in [2.45, 2.75) is 45.2 Å². The molecule has 1 aliphatic carbocycles. The van der Waals surface area contributed by atoms with Crippen molar-refractivity contribution in [3.05, 3.63) is 29.3 Å². The topological polar surface area (TPSA) is 79.5 Å². The number of ether oxygens (including phenoxy) is 1. The predicted molar refractivity (Wildman–Crippen MR) is 90.8 cm³/mol. The summed E-state index contributed by atoms with van der Waals surface area (Å²) >= 11 is 0. The maximum Gasteiger partial charge on any atom is 0.315 e. The van der Waals surface area contributed by atoms with Gasteiger partial charge in [0.15, 0.2) is 0 Å². The lowest BCUT2D eigenvalue weighted by atomic mass is 10.1. The second kappa shape index (κ2) is 7.55. The smallest absolute Gasteiger partial charge is 0.315 e. The Morgan fingerprint density at radius 3 is 2.92 bits per heavy atom. The van der Waals surface area contributed by atoms with E-state index in [4.69, 9.17) is 4.74 Å². The number of aryl methyl sites for hydroxylation is 1. The molecule has 0 spiro atoms. The highest BCUT2D eigenvalue weighted by Gasteiger charge is 2.24. The van der Waals surface area contributed by atoms with Crippen LogP contribution in [0.5, 0.6) is 5.75 Å². The van der Waals surface area contributed by atoms with E-state index in [1.807, 2.05) is 25.1 Å². The van der Waals surface area contributed by atoms with Crippen LogP contribution < -0.4 is 20.7 Å². The average Bonchev–Trinajstić information content (AvgIpc) is 3.38. The molecule has 1 aliphatic heterocycles. The van der Waals surface area contributed by atoms with Gasteiger partial charge in [-0.3, -0.25) is 4.79 Å². The SMILES string of the molecule is Cc1ccc(CNC(=O)NC2CCCNC2=O)c(OCC2CC2)c1. The van der Waals surface area contributed by atoms with Crippen molar-refractivity contribution in [3.63, 3.8) is 0 Å². The van der Waals surface area contributed by atoms with Gasteiger partial charge in [0.2, 0.25) is 5.91 Å². The van der Waals surface area contributed by atoms with E-state index in [2.05, 4.69) is 16.0 Å². The normalized spacial score (nSPS) is 20.2. The zero-order chi connectivity index (χ0) is 16.9. The van der Waals surface area contributed by atoms with Gasteiger partial charge in [0, 0.05) is 18.7 Å². The number of carbonyl (C=O) groups excluding carboxylic acids is 2. The highest BCUT2D eigenvalue weighted by Crippen LogP contribution is 2.30. The van der Waals surface area contributed by atoms with Crippen molar-refractivity contribution in [2.24, 2.45) is 5.92 Å². The summed E-state index contributed by atoms with van der Waals surface area (Å²) in [7, 11) is 0. The standard InChI is InChI=1S/C18H25N3O3/c1-12-4-7-14(16(9-12)24-11-13-5-6-13)10-20-18(23)21-15-3-2-8-19-17(15)22/h4,7,9,13,15H,2-3,5-6,8,10-11H2,1H3,(H,19,22)(H2,20,21,23). The molecule has 1 heterocycles. The molecule has 0 radical (unpaired) electrons. The molecule has 6 heteroatoms. The van der Waals surface area contributed by atoms with E-state index in [1.54, 1.807) is 0 Å². The van der Waals surface area contributed by atoms with Crippen LogP contribution in [0.15, 0.2) is 18.2 Å². The molecule has 6 nitrogen and oxygen atoms in total. The summed E-state index contributed by atoms with van der Waals surface area (Å²) in [6.45, 7) is 3.82. The molecule has 1 atom stereocenters. The quantitative estimate of drug-likeness (QED) is 0.744. The predicted octanol–water partition coefficient (Wildman–Crippen LogP) is 1.86. The van der Waals surface area contributed by atoms with E-state index in [1.165, 1.54) is 12.8 Å². The van der Waals surface area contributed by atoms with E-state index in [9.17, 15) is 9.59 Å². The van der Waals surface area contributed by atoms with Crippen molar-refractivity contribution in [2.75, 3.05) is 13.2 Å². The number of amides is 3. The Kier molecular flexibility index (Phi) is 5.23. The first kappa shape index (κ1) is 16.6. The molecule has 1 aromatic rings. The van der Waals surface area contributed by atoms with Crippen molar-refractivity contribution in [1.29, 1.82) is 0 Å². The largest absolute Gasteiger partial charge is 0.493 e. The molecule has 2 aliphatic rings. The number of rotatable bonds is 6. The van der Waals surface area contributed by atoms with Crippen LogP contribution in [-0.4, -0.2) is 31.1 Å². The minimum Gasteiger partial charge on any atom is -0.493 e. The molecule has 3 N–H and O–H groups in total. The van der Waals surface area contributed by atoms with Crippen LogP contribution in [0.1, 0.15) is 36.8 Å². The molecule has 3 amide bonds. The average molecular weight is 331 g/mol. The second-order valence-corrected chi connectivity index (χ2v) is 6.68. The molecule has 1 unspecified atom stereocenters. The molecular weight excluding hydrogens is 306 g/mol. The van der Waals surface area contributed by atoms with Crippen LogP contribution in [0.3, 0.4) is 0 Å². The van der Waals surface area contributed by atoms with Gasteiger partial charge in [0.1, 0.15) is 11.8 Å². The zero-order valence-electron chi connectivity index (χ0n) is 14.1. The maximum absolute atomic E-state index is 12.0. The fourth-order valence-electron chi connectivity index (χ4n) is 2.73. The molecule has 0 bridgehead atoms. The third-order valence-electron chi connectivity index (χ3n) is 4.42. The molecule has 2 fully saturated rings. The molecule has 1 saturated carbocycles. The monoisotopic (exact) mass is 331 g/mol. The minimum atomic E-state index is -0.442. The molecular formula is C18H25N3O3. The Morgan fingerprint density at radius 1 is 1.33 bits per heavy atom. The first-order valence-electron chi connectivity index (χ1n) is 8.66. The van der Waals surface area contributed by atoms with Crippen molar-refractivity contribution in [1.82, 2.24) is 16.0 Å². The van der Waals surface area contributed by atoms with Crippen molar-refractivity contribution in [3.8, 4) is 5.75 Å². The van der Waals surface area contributed by atoms with Gasteiger partial charge in [-0.15, -0.1) is 0 Å². The highest BCUT2D eigenvalue weighted by molar-refractivity contribution is 5.87. The summed E-state index contributed by atoms with van der Waals surface area (Å²) in [5, 5.41) is 8.31. The summed E-state index contributed by atoms with van der Waals surface area (Å²) in [5.74, 6) is 1.40. The molecule has 3 rings (SSSR count). The van der Waals surface area contributed by atoms with Crippen LogP contribution in [0.25, 0.3) is 0 Å². The van der Waals surface area contributed by atoms with Gasteiger partial charge in [-0.1, -0.05) is 12.1 Å². The number of piperidine rings is 1. The second-order valence-electron chi connectivity index (χ2n) is 6.68. The number of hydrogen-bond donors (Lipinski definition) is 3. The Labute approximate surface area is 142 Å². The summed E-state index contributed by atoms with van der Waals surface area (Å²) in [6, 6.07) is 5.22. The van der Waals surface area contributed by atoms with Crippen molar-refractivity contribution >= 4 is 11.9 Å². The number of nitrogens with one attached hydrogen (secondary N) is 3. The van der Waals surface area contributed by atoms with Crippen LogP contribution in [-0.2, 0) is 11.3 Å². The van der Waals surface area contributed by atoms with Gasteiger partial charge in [-0.2, -0.15) is 0 Å². The third kappa shape index (κ3) is 4.63. The molecule has 24 heavy (non-hydrogen) atoms. The number of benzene rings is 1. The highest BCUT2D eigenvalue weighted by atomic mass is 16.5. The lowest BCUT2D eigenvalue weighted by molar-refractivity contribution is -0.124. The third-order valence-corrected chi connectivity index (χ3v) is 4.42. The minimum absolute atomic E-state index is 0.111. The first-order valence-corrected chi connectivity index (χ1v) is 8.66. The number of urea groups is 1. The summed E-state index contributed by atoms with van der Waals surface area (Å²) < 4.78 is 5.91. The summed E-state index contributed by atoms with van der Waals surface area (Å²) in [4.78, 5) is 23.7. The molecule has 1 saturated heterocycles. The van der Waals surface area contributed by atoms with E-state index < -0.39 is 6.04 Å². The van der Waals surface area contributed by atoms with E-state index in [0.717, 1.165) is 29.9 Å². The number of hydrogen-bond acceptors (Lipinski definition) is 3. The Morgan fingerprint density at radius 2 is 2.17 bits per heavy atom. The Hall–Kier alpha value is -2.24. The lowest BCUT2D eigenvalue weighted by Crippen LogP contribution is -2.52. The van der Waals surface area contributed by atoms with Gasteiger partial charge in [-0.25, -0.2) is 4.79 Å². The Bertz CT molecular complexity index is 614. The van der Waals surface area contributed by atoms with Gasteiger partial charge in [0.25, 0.3) is 0 Å². The summed E-state index contributed by atoms with van der Waals surface area (Å²) in [6.07, 6.45) is 4.05. The fraction of sp³-hybridized carbons (Fsp3) is 0.556. The zero-order valence-corrected chi connectivity index (χ0v) is 14.1. The van der Waals surface area contributed by atoms with E-state index >= 15 is 0 Å². The summed E-state index contributed by atoms with van der Waals surface area (Å²) in [5.41, 5.74) is 2.08. The van der Waals surface area contributed by atoms with E-state index in [-0.39, 0.29) is 11.9 Å². The van der Waals surface area contributed by atoms with Crippen molar-refractivity contribution < 1.29 is 14.3 Å². The van der Waals surface area contributed by atoms with Gasteiger partial charge in [-0.05, 0) is 50.2 Å². The van der Waals surface area contributed by atoms with Crippen LogP contribution in [0.2, 0.25) is 0 Å². The molecule has 1 aromatic carbocycles. The van der Waals surface area contributed by atoms with Gasteiger partial charge < -0.3 is 20.7 Å². The van der Waals surface area contributed by atoms with Gasteiger partial charge >= 0.3 is 6.03 Å². The maximum atomic E-state index is 12.0.